The van der Waals surface area contributed by atoms with Gasteiger partial charge in [0, 0.05) is 6.04 Å². The van der Waals surface area contributed by atoms with E-state index >= 15 is 0 Å². The maximum Gasteiger partial charge on any atom is 0.00912 e. The topological polar surface area (TPSA) is 24.1 Å². The van der Waals surface area contributed by atoms with Crippen LogP contribution in [0.1, 0.15) is 65.7 Å². The summed E-state index contributed by atoms with van der Waals surface area (Å²) in [5.74, 6) is 0. The van der Waals surface area contributed by atoms with Gasteiger partial charge in [-0.2, -0.15) is 0 Å². The molecule has 16 heavy (non-hydrogen) atoms. The number of hydrogen-bond donors (Lipinski definition) is 2. The van der Waals surface area contributed by atoms with E-state index in [2.05, 4.69) is 17.6 Å². The molecule has 0 aromatic heterocycles. The van der Waals surface area contributed by atoms with Crippen molar-refractivity contribution < 1.29 is 0 Å². The van der Waals surface area contributed by atoms with Crippen LogP contribution in [0.5, 0.6) is 0 Å². The Balaban J connectivity index is 0.00000106. The van der Waals surface area contributed by atoms with E-state index in [0.29, 0.717) is 0 Å². The molecule has 0 amide bonds. The lowest BCUT2D eigenvalue weighted by Crippen LogP contribution is -2.40. The van der Waals surface area contributed by atoms with Gasteiger partial charge >= 0.3 is 0 Å². The fourth-order valence-electron chi connectivity index (χ4n) is 2.06. The highest BCUT2D eigenvalue weighted by molar-refractivity contribution is 4.73. The highest BCUT2D eigenvalue weighted by atomic mass is 15.0. The number of unbranched alkanes of at least 4 members (excludes halogenated alkanes) is 4. The van der Waals surface area contributed by atoms with Crippen molar-refractivity contribution in [2.24, 2.45) is 0 Å². The van der Waals surface area contributed by atoms with Crippen molar-refractivity contribution in [2.75, 3.05) is 19.6 Å². The average molecular weight is 228 g/mol. The van der Waals surface area contributed by atoms with E-state index in [1.165, 1.54) is 64.6 Å². The number of hydrogen-bond acceptors (Lipinski definition) is 2. The summed E-state index contributed by atoms with van der Waals surface area (Å²) in [6.07, 6.45) is 9.58. The highest BCUT2D eigenvalue weighted by Crippen LogP contribution is 2.04. The third kappa shape index (κ3) is 9.17. The Labute approximate surface area is 103 Å². The third-order valence-electron chi connectivity index (χ3n) is 3.05. The van der Waals surface area contributed by atoms with Crippen molar-refractivity contribution in [1.82, 2.24) is 10.6 Å². The summed E-state index contributed by atoms with van der Waals surface area (Å²) in [4.78, 5) is 0. The summed E-state index contributed by atoms with van der Waals surface area (Å²) >= 11 is 0. The Morgan fingerprint density at radius 3 is 2.25 bits per heavy atom. The van der Waals surface area contributed by atoms with E-state index in [0.717, 1.165) is 6.04 Å². The molecule has 0 radical (unpaired) electrons. The van der Waals surface area contributed by atoms with Crippen LogP contribution in [0.25, 0.3) is 0 Å². The largest absolute Gasteiger partial charge is 0.317 e. The highest BCUT2D eigenvalue weighted by Gasteiger charge is 2.10. The predicted octanol–water partition coefficient (Wildman–Crippen LogP) is 3.32. The second-order valence-electron chi connectivity index (χ2n) is 4.39. The first-order valence-corrected chi connectivity index (χ1v) is 7.37. The van der Waals surface area contributed by atoms with Crippen molar-refractivity contribution in [2.45, 2.75) is 71.8 Å². The molecule has 1 rings (SSSR count). The maximum absolute atomic E-state index is 3.66. The molecule has 1 aliphatic rings. The molecule has 2 N–H and O–H groups in total. The lowest BCUT2D eigenvalue weighted by atomic mass is 10.1. The van der Waals surface area contributed by atoms with Crippen molar-refractivity contribution in [3.63, 3.8) is 0 Å². The Kier molecular flexibility index (Phi) is 12.9. The molecule has 1 fully saturated rings. The van der Waals surface area contributed by atoms with Gasteiger partial charge in [0.2, 0.25) is 0 Å². The van der Waals surface area contributed by atoms with Crippen LogP contribution in [0.2, 0.25) is 0 Å². The van der Waals surface area contributed by atoms with Crippen LogP contribution in [0.3, 0.4) is 0 Å². The fourth-order valence-corrected chi connectivity index (χ4v) is 2.06. The van der Waals surface area contributed by atoms with Crippen LogP contribution in [-0.2, 0) is 0 Å². The molecule has 0 atom stereocenters. The minimum Gasteiger partial charge on any atom is -0.317 e. The first kappa shape index (κ1) is 15.9. The van der Waals surface area contributed by atoms with Crippen LogP contribution >= 0.6 is 0 Å². The molecule has 0 spiro atoms. The smallest absolute Gasteiger partial charge is 0.00912 e. The van der Waals surface area contributed by atoms with E-state index < -0.39 is 0 Å². The van der Waals surface area contributed by atoms with Gasteiger partial charge in [-0.25, -0.2) is 0 Å². The Morgan fingerprint density at radius 2 is 1.62 bits per heavy atom. The standard InChI is InChI=1S/C12H26N2.C2H6/c1-2-3-4-5-6-9-14-12-7-10-13-11-8-12;1-2/h12-14H,2-11H2,1H3;1-2H3. The van der Waals surface area contributed by atoms with Crippen LogP contribution in [0.15, 0.2) is 0 Å². The zero-order valence-electron chi connectivity index (χ0n) is 11.6. The van der Waals surface area contributed by atoms with E-state index in [1.807, 2.05) is 13.8 Å². The van der Waals surface area contributed by atoms with Gasteiger partial charge in [0.15, 0.2) is 0 Å². The Hall–Kier alpha value is -0.0800. The molecule has 2 heteroatoms. The van der Waals surface area contributed by atoms with E-state index in [4.69, 9.17) is 0 Å². The van der Waals surface area contributed by atoms with Gasteiger partial charge < -0.3 is 10.6 Å². The molecule has 98 valence electrons. The summed E-state index contributed by atoms with van der Waals surface area (Å²) in [7, 11) is 0. The molecule has 1 aliphatic heterocycles. The molecule has 0 unspecified atom stereocenters. The quantitative estimate of drug-likeness (QED) is 0.653. The number of piperidine rings is 1. The molecular weight excluding hydrogens is 196 g/mol. The van der Waals surface area contributed by atoms with Crippen molar-refractivity contribution in [3.8, 4) is 0 Å². The van der Waals surface area contributed by atoms with Crippen molar-refractivity contribution in [3.05, 3.63) is 0 Å². The molecule has 0 aromatic rings. The molecule has 1 saturated heterocycles. The van der Waals surface area contributed by atoms with Gasteiger partial charge in [0.05, 0.1) is 0 Å². The molecule has 0 saturated carbocycles. The zero-order valence-corrected chi connectivity index (χ0v) is 11.6. The lowest BCUT2D eigenvalue weighted by Gasteiger charge is -2.23. The van der Waals surface area contributed by atoms with Gasteiger partial charge in [0.25, 0.3) is 0 Å². The van der Waals surface area contributed by atoms with E-state index in [-0.39, 0.29) is 0 Å². The van der Waals surface area contributed by atoms with Crippen molar-refractivity contribution in [1.29, 1.82) is 0 Å². The van der Waals surface area contributed by atoms with Gasteiger partial charge in [-0.3, -0.25) is 0 Å². The monoisotopic (exact) mass is 228 g/mol. The van der Waals surface area contributed by atoms with Crippen LogP contribution in [-0.4, -0.2) is 25.7 Å². The predicted molar refractivity (Wildman–Crippen MR) is 74.0 cm³/mol. The maximum atomic E-state index is 3.66. The summed E-state index contributed by atoms with van der Waals surface area (Å²) in [5.41, 5.74) is 0. The summed E-state index contributed by atoms with van der Waals surface area (Å²) in [6, 6.07) is 0.794. The molecule has 2 nitrogen and oxygen atoms in total. The third-order valence-corrected chi connectivity index (χ3v) is 3.05. The zero-order chi connectivity index (χ0) is 12.1. The molecule has 0 bridgehead atoms. The van der Waals surface area contributed by atoms with E-state index in [1.54, 1.807) is 0 Å². The minimum atomic E-state index is 0.794. The van der Waals surface area contributed by atoms with Crippen LogP contribution in [0.4, 0.5) is 0 Å². The second kappa shape index (κ2) is 13.0. The Bertz CT molecular complexity index is 120. The first-order valence-electron chi connectivity index (χ1n) is 7.37. The molecule has 0 aromatic carbocycles. The van der Waals surface area contributed by atoms with Gasteiger partial charge in [-0.05, 0) is 38.9 Å². The first-order chi connectivity index (χ1) is 7.93. The van der Waals surface area contributed by atoms with Gasteiger partial charge in [-0.15, -0.1) is 0 Å². The number of nitrogens with one attached hydrogen (secondary N) is 2. The summed E-state index contributed by atoms with van der Waals surface area (Å²) < 4.78 is 0. The fraction of sp³-hybridized carbons (Fsp3) is 1.00. The summed E-state index contributed by atoms with van der Waals surface area (Å²) in [6.45, 7) is 9.91. The van der Waals surface area contributed by atoms with E-state index in [9.17, 15) is 0 Å². The number of rotatable bonds is 7. The lowest BCUT2D eigenvalue weighted by molar-refractivity contribution is 0.383. The van der Waals surface area contributed by atoms with Gasteiger partial charge in [-0.1, -0.05) is 46.5 Å². The molecule has 0 aliphatic carbocycles. The van der Waals surface area contributed by atoms with Gasteiger partial charge in [0.1, 0.15) is 0 Å². The Morgan fingerprint density at radius 1 is 1.00 bits per heavy atom. The average Bonchev–Trinajstić information content (AvgIpc) is 2.37. The molecular formula is C14H32N2. The molecule has 1 heterocycles. The SMILES string of the molecule is CC.CCCCCCCNC1CCNCC1. The normalized spacial score (nSPS) is 16.7. The van der Waals surface area contributed by atoms with Crippen LogP contribution in [0, 0.1) is 0 Å². The summed E-state index contributed by atoms with van der Waals surface area (Å²) in [5, 5.41) is 7.05. The minimum absolute atomic E-state index is 0.794. The second-order valence-corrected chi connectivity index (χ2v) is 4.39. The van der Waals surface area contributed by atoms with Crippen LogP contribution < -0.4 is 10.6 Å². The van der Waals surface area contributed by atoms with Crippen molar-refractivity contribution >= 4 is 0 Å².